The summed E-state index contributed by atoms with van der Waals surface area (Å²) in [4.78, 5) is 0. The fraction of sp³-hybridized carbons (Fsp3) is 1.00. The van der Waals surface area contributed by atoms with E-state index in [2.05, 4.69) is 0 Å². The van der Waals surface area contributed by atoms with Crippen molar-refractivity contribution in [3.8, 4) is 0 Å². The van der Waals surface area contributed by atoms with Gasteiger partial charge in [0.2, 0.25) is 0 Å². The van der Waals surface area contributed by atoms with Crippen molar-refractivity contribution in [2.45, 2.75) is 124 Å². The van der Waals surface area contributed by atoms with Crippen LogP contribution in [-0.4, -0.2) is 198 Å². The molecule has 0 aliphatic carbocycles. The average Bonchev–Trinajstić information content (AvgIpc) is 2.98. The quantitative estimate of drug-likeness (QED) is 0.0835. The molecule has 0 spiro atoms. The van der Waals surface area contributed by atoms with E-state index in [4.69, 9.17) is 34.2 Å². The molecule has 19 nitrogen and oxygen atoms in total. The molecule has 3 saturated heterocycles. The highest BCUT2D eigenvalue weighted by Gasteiger charge is 2.55. The lowest BCUT2D eigenvalue weighted by Crippen LogP contribution is -2.68. The standard InChI is InChI=1S/C24H45NO18/c1-7(28)17-11(32)10(31)16(37)22(39-17)42-21-15(36)13(34)19(9(30)6-27)41-24(21)43-20-14(35)12(33)18(8(29)5-26)40-23(20)38-4-2-3-25/h7-24,26-37H,2-6,25H2,1H3/t7?,8-,9-,10+,11+,12+,13+,14+,15+,16+,17-,18-,19-,20+,21+,22-,23+,24-/m1/s1. The number of hydrogen-bond donors (Lipinski definition) is 13. The molecule has 3 rings (SSSR count). The van der Waals surface area contributed by atoms with Crippen molar-refractivity contribution < 1.29 is 89.7 Å². The maximum absolute atomic E-state index is 11.0. The maximum atomic E-state index is 11.0. The summed E-state index contributed by atoms with van der Waals surface area (Å²) >= 11 is 0. The van der Waals surface area contributed by atoms with Gasteiger partial charge in [-0.15, -0.1) is 0 Å². The van der Waals surface area contributed by atoms with Crippen LogP contribution in [0.3, 0.4) is 0 Å². The van der Waals surface area contributed by atoms with E-state index in [9.17, 15) is 61.3 Å². The summed E-state index contributed by atoms with van der Waals surface area (Å²) in [5.41, 5.74) is 5.50. The minimum Gasteiger partial charge on any atom is -0.394 e. The van der Waals surface area contributed by atoms with Crippen LogP contribution >= 0.6 is 0 Å². The molecule has 0 aromatic heterocycles. The van der Waals surface area contributed by atoms with Crippen LogP contribution in [0.25, 0.3) is 0 Å². The highest BCUT2D eigenvalue weighted by atomic mass is 16.8. The molecule has 14 N–H and O–H groups in total. The van der Waals surface area contributed by atoms with Gasteiger partial charge in [0.05, 0.1) is 25.9 Å². The number of nitrogens with two attached hydrogens (primary N) is 1. The predicted molar refractivity (Wildman–Crippen MR) is 135 cm³/mol. The van der Waals surface area contributed by atoms with Gasteiger partial charge in [-0.2, -0.15) is 0 Å². The zero-order chi connectivity index (χ0) is 32.2. The fourth-order valence-corrected chi connectivity index (χ4v) is 5.08. The zero-order valence-electron chi connectivity index (χ0n) is 23.3. The van der Waals surface area contributed by atoms with E-state index in [1.807, 2.05) is 0 Å². The Kier molecular flexibility index (Phi) is 13.8. The third-order valence-electron chi connectivity index (χ3n) is 7.59. The second-order valence-corrected chi connectivity index (χ2v) is 10.8. The molecule has 3 heterocycles. The molecule has 254 valence electrons. The van der Waals surface area contributed by atoms with Gasteiger partial charge in [-0.05, 0) is 19.9 Å². The molecule has 0 aromatic rings. The molecule has 1 unspecified atom stereocenters. The summed E-state index contributed by atoms with van der Waals surface area (Å²) < 4.78 is 33.7. The Hall–Kier alpha value is -0.760. The first kappa shape index (κ1) is 36.7. The molecule has 3 aliphatic rings. The van der Waals surface area contributed by atoms with Crippen LogP contribution in [0.1, 0.15) is 13.3 Å². The Morgan fingerprint density at radius 1 is 0.605 bits per heavy atom. The molecule has 3 aliphatic heterocycles. The highest BCUT2D eigenvalue weighted by molar-refractivity contribution is 4.98. The summed E-state index contributed by atoms with van der Waals surface area (Å²) in [5, 5.41) is 123. The number of ether oxygens (including phenoxy) is 6. The molecule has 0 bridgehead atoms. The lowest BCUT2D eigenvalue weighted by Gasteiger charge is -2.49. The number of aliphatic hydroxyl groups excluding tert-OH is 12. The molecule has 3 fully saturated rings. The SMILES string of the molecule is CC(O)[C@H]1O[C@H](O[C@@H]2[C@@H](O[C@@H]3[C@@H](OCCCN)O[C@H]([C@H](O)CO)[C@@H](O)[C@@H]3O)O[C@H]([C@H](O)CO)[C@@H](O)[C@@H]2O)[C@@H](O)[C@@H](O)[C@@H]1O. The molecule has 43 heavy (non-hydrogen) atoms. The van der Waals surface area contributed by atoms with Gasteiger partial charge in [-0.25, -0.2) is 0 Å². The van der Waals surface area contributed by atoms with Crippen LogP contribution in [-0.2, 0) is 28.4 Å². The summed E-state index contributed by atoms with van der Waals surface area (Å²) in [6, 6.07) is 0. The second kappa shape index (κ2) is 16.2. The highest BCUT2D eigenvalue weighted by Crippen LogP contribution is 2.34. The van der Waals surface area contributed by atoms with E-state index in [0.29, 0.717) is 6.42 Å². The Morgan fingerprint density at radius 3 is 1.53 bits per heavy atom. The third-order valence-corrected chi connectivity index (χ3v) is 7.59. The summed E-state index contributed by atoms with van der Waals surface area (Å²) in [6.45, 7) is -0.424. The van der Waals surface area contributed by atoms with Crippen LogP contribution in [0.5, 0.6) is 0 Å². The van der Waals surface area contributed by atoms with Gasteiger partial charge < -0.3 is 95.4 Å². The summed E-state index contributed by atoms with van der Waals surface area (Å²) in [7, 11) is 0. The van der Waals surface area contributed by atoms with Gasteiger partial charge in [-0.3, -0.25) is 0 Å². The monoisotopic (exact) mass is 635 g/mol. The number of rotatable bonds is 13. The first-order valence-corrected chi connectivity index (χ1v) is 13.9. The Morgan fingerprint density at radius 2 is 1.05 bits per heavy atom. The van der Waals surface area contributed by atoms with Gasteiger partial charge in [0.15, 0.2) is 18.9 Å². The van der Waals surface area contributed by atoms with E-state index >= 15 is 0 Å². The van der Waals surface area contributed by atoms with Crippen molar-refractivity contribution >= 4 is 0 Å². The van der Waals surface area contributed by atoms with Crippen molar-refractivity contribution in [1.29, 1.82) is 0 Å². The van der Waals surface area contributed by atoms with Crippen molar-refractivity contribution in [2.75, 3.05) is 26.4 Å². The average molecular weight is 636 g/mol. The molecular formula is C24H45NO18. The number of hydrogen-bond acceptors (Lipinski definition) is 19. The Labute approximate surface area is 246 Å². The smallest absolute Gasteiger partial charge is 0.187 e. The topological polar surface area (TPSA) is 324 Å². The predicted octanol–water partition coefficient (Wildman–Crippen LogP) is -8.09. The van der Waals surface area contributed by atoms with E-state index < -0.39 is 124 Å². The van der Waals surface area contributed by atoms with E-state index in [-0.39, 0.29) is 13.2 Å². The first-order chi connectivity index (χ1) is 20.3. The normalized spacial score (nSPS) is 46.3. The van der Waals surface area contributed by atoms with Crippen LogP contribution in [0.2, 0.25) is 0 Å². The van der Waals surface area contributed by atoms with Gasteiger partial charge in [0.1, 0.15) is 85.5 Å². The lowest BCUT2D eigenvalue weighted by molar-refractivity contribution is -0.399. The lowest BCUT2D eigenvalue weighted by atomic mass is 9.93. The van der Waals surface area contributed by atoms with Crippen molar-refractivity contribution in [3.63, 3.8) is 0 Å². The molecule has 0 saturated carbocycles. The van der Waals surface area contributed by atoms with Crippen molar-refractivity contribution in [2.24, 2.45) is 5.73 Å². The molecule has 19 heteroatoms. The zero-order valence-corrected chi connectivity index (χ0v) is 23.3. The molecule has 0 amide bonds. The minimum atomic E-state index is -2.03. The van der Waals surface area contributed by atoms with Crippen molar-refractivity contribution in [3.05, 3.63) is 0 Å². The van der Waals surface area contributed by atoms with E-state index in [1.165, 1.54) is 6.92 Å². The summed E-state index contributed by atoms with van der Waals surface area (Å²) in [5.74, 6) is 0. The minimum absolute atomic E-state index is 0.0620. The van der Waals surface area contributed by atoms with Gasteiger partial charge in [-0.1, -0.05) is 0 Å². The Bertz CT molecular complexity index is 829. The molecule has 0 aromatic carbocycles. The fourth-order valence-electron chi connectivity index (χ4n) is 5.08. The van der Waals surface area contributed by atoms with E-state index in [1.54, 1.807) is 0 Å². The molecule has 18 atom stereocenters. The second-order valence-electron chi connectivity index (χ2n) is 10.8. The third kappa shape index (κ3) is 8.16. The van der Waals surface area contributed by atoms with Crippen LogP contribution < -0.4 is 5.73 Å². The largest absolute Gasteiger partial charge is 0.394 e. The van der Waals surface area contributed by atoms with Crippen molar-refractivity contribution in [1.82, 2.24) is 0 Å². The Balaban J connectivity index is 1.93. The van der Waals surface area contributed by atoms with Crippen LogP contribution in [0.15, 0.2) is 0 Å². The van der Waals surface area contributed by atoms with Gasteiger partial charge in [0.25, 0.3) is 0 Å². The maximum Gasteiger partial charge on any atom is 0.187 e. The summed E-state index contributed by atoms with van der Waals surface area (Å²) in [6.07, 6.45) is -31.5. The number of aliphatic hydroxyl groups is 12. The van der Waals surface area contributed by atoms with Crippen LogP contribution in [0, 0.1) is 0 Å². The van der Waals surface area contributed by atoms with Gasteiger partial charge >= 0.3 is 0 Å². The molecule has 0 radical (unpaired) electrons. The molecular weight excluding hydrogens is 590 g/mol. The first-order valence-electron chi connectivity index (χ1n) is 13.9. The van der Waals surface area contributed by atoms with E-state index in [0.717, 1.165) is 0 Å². The van der Waals surface area contributed by atoms with Gasteiger partial charge in [0, 0.05) is 0 Å². The van der Waals surface area contributed by atoms with Crippen LogP contribution in [0.4, 0.5) is 0 Å².